The Morgan fingerprint density at radius 2 is 1.73 bits per heavy atom. The monoisotopic (exact) mass is 218 g/mol. The van der Waals surface area contributed by atoms with Gasteiger partial charge in [-0.15, -0.1) is 0 Å². The molecule has 0 N–H and O–H groups in total. The molecule has 1 rings (SSSR count). The van der Waals surface area contributed by atoms with Crippen LogP contribution < -0.4 is 0 Å². The van der Waals surface area contributed by atoms with Gasteiger partial charge in [0.25, 0.3) is 0 Å². The molecule has 0 saturated carbocycles. The fraction of sp³-hybridized carbons (Fsp3) is 0.300. The van der Waals surface area contributed by atoms with Crippen LogP contribution in [0.15, 0.2) is 12.1 Å². The number of ether oxygens (including phenoxy) is 1. The molecule has 0 saturated heterocycles. The third kappa shape index (κ3) is 2.29. The topological polar surface area (TPSA) is 26.3 Å². The second kappa shape index (κ2) is 4.33. The Balaban J connectivity index is 3.14. The Bertz CT molecular complexity index is 390. The van der Waals surface area contributed by atoms with Crippen LogP contribution in [0.4, 0.5) is 13.2 Å². The van der Waals surface area contributed by atoms with Crippen molar-refractivity contribution in [1.29, 1.82) is 0 Å². The molecule has 0 spiro atoms. The van der Waals surface area contributed by atoms with Crippen molar-refractivity contribution in [3.05, 3.63) is 35.1 Å². The third-order valence-electron chi connectivity index (χ3n) is 2.06. The predicted molar refractivity (Wildman–Crippen MR) is 46.7 cm³/mol. The van der Waals surface area contributed by atoms with Crippen molar-refractivity contribution < 1.29 is 22.7 Å². The first-order chi connectivity index (χ1) is 6.97. The molecule has 5 heteroatoms. The van der Waals surface area contributed by atoms with Gasteiger partial charge in [0.1, 0.15) is 5.82 Å². The zero-order valence-electron chi connectivity index (χ0n) is 8.18. The van der Waals surface area contributed by atoms with E-state index in [0.29, 0.717) is 12.1 Å². The molecular formula is C10H9F3O2. The second-order valence-corrected chi connectivity index (χ2v) is 3.03. The van der Waals surface area contributed by atoms with Crippen molar-refractivity contribution in [3.63, 3.8) is 0 Å². The molecule has 0 bridgehead atoms. The lowest BCUT2D eigenvalue weighted by atomic mass is 10.0. The lowest BCUT2D eigenvalue weighted by molar-refractivity contribution is -0.142. The van der Waals surface area contributed by atoms with E-state index in [1.54, 1.807) is 0 Å². The van der Waals surface area contributed by atoms with Gasteiger partial charge >= 0.3 is 5.97 Å². The maximum atomic E-state index is 13.2. The first kappa shape index (κ1) is 11.6. The summed E-state index contributed by atoms with van der Waals surface area (Å²) < 4.78 is 42.9. The quantitative estimate of drug-likeness (QED) is 0.562. The minimum Gasteiger partial charge on any atom is -0.469 e. The fourth-order valence-corrected chi connectivity index (χ4v) is 1.17. The summed E-state index contributed by atoms with van der Waals surface area (Å²) in [5.74, 6) is -5.12. The third-order valence-corrected chi connectivity index (χ3v) is 2.06. The van der Waals surface area contributed by atoms with Crippen LogP contribution in [-0.4, -0.2) is 13.1 Å². The minimum absolute atomic E-state index is 0.222. The SMILES string of the molecule is COC(=O)C(C)c1cc(F)c(F)cc1F. The average Bonchev–Trinajstić information content (AvgIpc) is 2.21. The Labute approximate surface area is 84.7 Å². The van der Waals surface area contributed by atoms with Crippen molar-refractivity contribution in [2.24, 2.45) is 0 Å². The van der Waals surface area contributed by atoms with Gasteiger partial charge in [0.05, 0.1) is 13.0 Å². The Morgan fingerprint density at radius 1 is 1.20 bits per heavy atom. The van der Waals surface area contributed by atoms with Crippen LogP contribution >= 0.6 is 0 Å². The summed E-state index contributed by atoms with van der Waals surface area (Å²) in [6.07, 6.45) is 0. The van der Waals surface area contributed by atoms with Gasteiger partial charge in [-0.2, -0.15) is 0 Å². The summed E-state index contributed by atoms with van der Waals surface area (Å²) in [4.78, 5) is 11.1. The lowest BCUT2D eigenvalue weighted by Crippen LogP contribution is -2.13. The molecule has 0 aliphatic rings. The number of carbonyl (C=O) groups is 1. The van der Waals surface area contributed by atoms with Gasteiger partial charge < -0.3 is 4.74 Å². The molecular weight excluding hydrogens is 209 g/mol. The van der Waals surface area contributed by atoms with E-state index in [1.165, 1.54) is 6.92 Å². The standard InChI is InChI=1S/C10H9F3O2/c1-5(10(14)15-2)6-3-8(12)9(13)4-7(6)11/h3-5H,1-2H3. The Morgan fingerprint density at radius 3 is 2.27 bits per heavy atom. The van der Waals surface area contributed by atoms with E-state index in [0.717, 1.165) is 7.11 Å². The summed E-state index contributed by atoms with van der Waals surface area (Å²) in [6, 6.07) is 1.07. The largest absolute Gasteiger partial charge is 0.469 e. The number of esters is 1. The second-order valence-electron chi connectivity index (χ2n) is 3.03. The molecule has 0 aliphatic carbocycles. The molecule has 0 radical (unpaired) electrons. The van der Waals surface area contributed by atoms with Gasteiger partial charge in [-0.1, -0.05) is 0 Å². The minimum atomic E-state index is -1.28. The van der Waals surface area contributed by atoms with Crippen LogP contribution in [0.25, 0.3) is 0 Å². The first-order valence-corrected chi connectivity index (χ1v) is 4.19. The van der Waals surface area contributed by atoms with E-state index in [-0.39, 0.29) is 5.56 Å². The Hall–Kier alpha value is -1.52. The highest BCUT2D eigenvalue weighted by Gasteiger charge is 2.21. The van der Waals surface area contributed by atoms with E-state index in [2.05, 4.69) is 4.74 Å². The molecule has 0 aliphatic heterocycles. The van der Waals surface area contributed by atoms with E-state index in [4.69, 9.17) is 0 Å². The van der Waals surface area contributed by atoms with Crippen LogP contribution in [0.2, 0.25) is 0 Å². The van der Waals surface area contributed by atoms with E-state index in [9.17, 15) is 18.0 Å². The van der Waals surface area contributed by atoms with Gasteiger partial charge in [-0.05, 0) is 13.0 Å². The van der Waals surface area contributed by atoms with E-state index < -0.39 is 29.3 Å². The molecule has 1 unspecified atom stereocenters. The smallest absolute Gasteiger partial charge is 0.312 e. The van der Waals surface area contributed by atoms with E-state index in [1.807, 2.05) is 0 Å². The number of benzene rings is 1. The summed E-state index contributed by atoms with van der Waals surface area (Å²) in [5.41, 5.74) is -0.222. The van der Waals surface area contributed by atoms with Crippen LogP contribution in [-0.2, 0) is 9.53 Å². The maximum absolute atomic E-state index is 13.2. The van der Waals surface area contributed by atoms with E-state index >= 15 is 0 Å². The zero-order chi connectivity index (χ0) is 11.6. The van der Waals surface area contributed by atoms with Crippen molar-refractivity contribution >= 4 is 5.97 Å². The fourth-order valence-electron chi connectivity index (χ4n) is 1.17. The number of hydrogen-bond donors (Lipinski definition) is 0. The molecule has 0 heterocycles. The molecule has 0 aromatic heterocycles. The molecule has 1 aromatic rings. The van der Waals surface area contributed by atoms with Gasteiger partial charge in [-0.3, -0.25) is 4.79 Å². The van der Waals surface area contributed by atoms with Crippen LogP contribution in [0.1, 0.15) is 18.4 Å². The van der Waals surface area contributed by atoms with Crippen molar-refractivity contribution in [3.8, 4) is 0 Å². The number of rotatable bonds is 2. The molecule has 82 valence electrons. The van der Waals surface area contributed by atoms with Gasteiger partial charge in [-0.25, -0.2) is 13.2 Å². The molecule has 1 atom stereocenters. The highest BCUT2D eigenvalue weighted by atomic mass is 19.2. The maximum Gasteiger partial charge on any atom is 0.312 e. The van der Waals surface area contributed by atoms with Crippen molar-refractivity contribution in [2.45, 2.75) is 12.8 Å². The zero-order valence-corrected chi connectivity index (χ0v) is 8.18. The van der Waals surface area contributed by atoms with Gasteiger partial charge in [0.2, 0.25) is 0 Å². The van der Waals surface area contributed by atoms with Crippen molar-refractivity contribution in [1.82, 2.24) is 0 Å². The molecule has 15 heavy (non-hydrogen) atoms. The van der Waals surface area contributed by atoms with Gasteiger partial charge in [0, 0.05) is 11.6 Å². The average molecular weight is 218 g/mol. The summed E-state index contributed by atoms with van der Waals surface area (Å²) in [5, 5.41) is 0. The first-order valence-electron chi connectivity index (χ1n) is 4.19. The van der Waals surface area contributed by atoms with Crippen LogP contribution in [0.5, 0.6) is 0 Å². The number of hydrogen-bond acceptors (Lipinski definition) is 2. The highest BCUT2D eigenvalue weighted by molar-refractivity contribution is 5.77. The predicted octanol–water partition coefficient (Wildman–Crippen LogP) is 2.38. The summed E-state index contributed by atoms with van der Waals surface area (Å²) in [6.45, 7) is 1.35. The summed E-state index contributed by atoms with van der Waals surface area (Å²) in [7, 11) is 1.14. The molecule has 2 nitrogen and oxygen atoms in total. The number of methoxy groups -OCH3 is 1. The lowest BCUT2D eigenvalue weighted by Gasteiger charge is -2.10. The number of carbonyl (C=O) groups excluding carboxylic acids is 1. The van der Waals surface area contributed by atoms with Crippen molar-refractivity contribution in [2.75, 3.05) is 7.11 Å². The normalized spacial score (nSPS) is 12.3. The highest BCUT2D eigenvalue weighted by Crippen LogP contribution is 2.22. The van der Waals surface area contributed by atoms with Crippen LogP contribution in [0, 0.1) is 17.5 Å². The van der Waals surface area contributed by atoms with Crippen LogP contribution in [0.3, 0.4) is 0 Å². The van der Waals surface area contributed by atoms with Gasteiger partial charge in [0.15, 0.2) is 11.6 Å². The number of halogens is 3. The molecule has 1 aromatic carbocycles. The molecule has 0 fully saturated rings. The summed E-state index contributed by atoms with van der Waals surface area (Å²) >= 11 is 0. The Kier molecular flexibility index (Phi) is 3.34. The molecule has 0 amide bonds.